The van der Waals surface area contributed by atoms with Crippen molar-refractivity contribution in [3.05, 3.63) is 35.5 Å². The monoisotopic (exact) mass is 259 g/mol. The van der Waals surface area contributed by atoms with Gasteiger partial charge in [-0.25, -0.2) is 0 Å². The summed E-state index contributed by atoms with van der Waals surface area (Å²) in [7, 11) is 0. The quantitative estimate of drug-likeness (QED) is 0.826. The molecule has 1 aromatic carbocycles. The first-order chi connectivity index (χ1) is 8.81. The first-order valence-corrected chi connectivity index (χ1v) is 6.34. The Morgan fingerprint density at radius 2 is 2.17 bits per heavy atom. The molecule has 1 aromatic heterocycles. The Morgan fingerprint density at radius 1 is 1.28 bits per heavy atom. The van der Waals surface area contributed by atoms with E-state index in [9.17, 15) is 0 Å². The normalized spacial score (nSPS) is 10.2. The molecule has 18 heavy (non-hydrogen) atoms. The number of anilines is 1. The lowest BCUT2D eigenvalue weighted by Crippen LogP contribution is -2.02. The predicted molar refractivity (Wildman–Crippen MR) is 74.7 cm³/mol. The van der Waals surface area contributed by atoms with Crippen LogP contribution < -0.4 is 5.32 Å². The third-order valence-corrected chi connectivity index (χ3v) is 2.97. The molecule has 0 fully saturated rings. The van der Waals surface area contributed by atoms with Gasteiger partial charge in [0.2, 0.25) is 0 Å². The third kappa shape index (κ3) is 3.12. The number of benzene rings is 1. The van der Waals surface area contributed by atoms with Crippen LogP contribution in [0.1, 0.15) is 19.3 Å². The lowest BCUT2D eigenvalue weighted by molar-refractivity contribution is 0.785. The molecule has 1 heterocycles. The number of nitrogens with one attached hydrogen (secondary N) is 1. The maximum atomic E-state index is 8.46. The summed E-state index contributed by atoms with van der Waals surface area (Å²) in [5, 5.41) is 13.6. The Balaban J connectivity index is 2.07. The SMILES string of the molecule is N#CCCCCNc1ccnc2cc(Cl)ccc12. The van der Waals surface area contributed by atoms with Crippen molar-refractivity contribution in [2.24, 2.45) is 0 Å². The summed E-state index contributed by atoms with van der Waals surface area (Å²) in [6.45, 7) is 0.865. The highest BCUT2D eigenvalue weighted by Crippen LogP contribution is 2.24. The Bertz CT molecular complexity index is 575. The molecule has 0 unspecified atom stereocenters. The third-order valence-electron chi connectivity index (χ3n) is 2.74. The van der Waals surface area contributed by atoms with Crippen molar-refractivity contribution in [2.45, 2.75) is 19.3 Å². The van der Waals surface area contributed by atoms with Crippen molar-refractivity contribution >= 4 is 28.2 Å². The van der Waals surface area contributed by atoms with Crippen LogP contribution in [-0.4, -0.2) is 11.5 Å². The van der Waals surface area contributed by atoms with E-state index >= 15 is 0 Å². The second-order valence-electron chi connectivity index (χ2n) is 4.06. The van der Waals surface area contributed by atoms with E-state index in [-0.39, 0.29) is 0 Å². The summed E-state index contributed by atoms with van der Waals surface area (Å²) in [5.74, 6) is 0. The van der Waals surface area contributed by atoms with Gasteiger partial charge in [-0.3, -0.25) is 4.98 Å². The average Bonchev–Trinajstić information content (AvgIpc) is 2.38. The lowest BCUT2D eigenvalue weighted by atomic mass is 10.2. The standard InChI is InChI=1S/C14H14ClN3/c15-11-4-5-12-13(6-9-18-14(12)10-11)17-8-3-1-2-7-16/h4-6,9-10H,1-3,8H2,(H,17,18). The summed E-state index contributed by atoms with van der Waals surface area (Å²) in [4.78, 5) is 4.29. The van der Waals surface area contributed by atoms with Crippen LogP contribution in [0, 0.1) is 11.3 Å². The molecule has 0 atom stereocenters. The Kier molecular flexibility index (Phi) is 4.38. The van der Waals surface area contributed by atoms with E-state index in [2.05, 4.69) is 16.4 Å². The minimum Gasteiger partial charge on any atom is -0.384 e. The van der Waals surface area contributed by atoms with Crippen molar-refractivity contribution in [3.8, 4) is 6.07 Å². The van der Waals surface area contributed by atoms with Gasteiger partial charge in [0, 0.05) is 35.3 Å². The highest BCUT2D eigenvalue weighted by Gasteiger charge is 2.01. The summed E-state index contributed by atoms with van der Waals surface area (Å²) >= 11 is 5.94. The molecule has 0 saturated heterocycles. The maximum absolute atomic E-state index is 8.46. The zero-order valence-corrected chi connectivity index (χ0v) is 10.7. The van der Waals surface area contributed by atoms with Crippen molar-refractivity contribution in [2.75, 3.05) is 11.9 Å². The molecule has 92 valence electrons. The number of nitriles is 1. The number of pyridine rings is 1. The number of unbranched alkanes of at least 4 members (excludes halogenated alkanes) is 2. The van der Waals surface area contributed by atoms with Crippen molar-refractivity contribution < 1.29 is 0 Å². The molecular formula is C14H14ClN3. The van der Waals surface area contributed by atoms with Gasteiger partial charge in [-0.05, 0) is 37.1 Å². The van der Waals surface area contributed by atoms with Gasteiger partial charge in [-0.1, -0.05) is 11.6 Å². The van der Waals surface area contributed by atoms with Crippen LogP contribution in [0.25, 0.3) is 10.9 Å². The number of nitrogens with zero attached hydrogens (tertiary/aromatic N) is 2. The molecule has 2 aromatic rings. The second kappa shape index (κ2) is 6.23. The molecule has 0 spiro atoms. The van der Waals surface area contributed by atoms with Crippen LogP contribution in [-0.2, 0) is 0 Å². The van der Waals surface area contributed by atoms with Crippen molar-refractivity contribution in [3.63, 3.8) is 0 Å². The highest BCUT2D eigenvalue weighted by atomic mass is 35.5. The molecule has 0 aliphatic heterocycles. The molecule has 0 bridgehead atoms. The number of fused-ring (bicyclic) bond motifs is 1. The molecule has 0 aliphatic rings. The fourth-order valence-electron chi connectivity index (χ4n) is 1.83. The molecular weight excluding hydrogens is 246 g/mol. The van der Waals surface area contributed by atoms with Gasteiger partial charge in [0.05, 0.1) is 11.6 Å². The molecule has 0 radical (unpaired) electrons. The largest absolute Gasteiger partial charge is 0.384 e. The van der Waals surface area contributed by atoms with Crippen LogP contribution in [0.4, 0.5) is 5.69 Å². The number of hydrogen-bond donors (Lipinski definition) is 1. The van der Waals surface area contributed by atoms with Crippen LogP contribution in [0.5, 0.6) is 0 Å². The minimum atomic E-state index is 0.619. The number of rotatable bonds is 5. The van der Waals surface area contributed by atoms with E-state index in [4.69, 9.17) is 16.9 Å². The zero-order valence-electron chi connectivity index (χ0n) is 9.99. The Hall–Kier alpha value is -1.79. The molecule has 3 nitrogen and oxygen atoms in total. The van der Waals surface area contributed by atoms with Crippen LogP contribution in [0.15, 0.2) is 30.5 Å². The van der Waals surface area contributed by atoms with Gasteiger partial charge >= 0.3 is 0 Å². The second-order valence-corrected chi connectivity index (χ2v) is 4.50. The predicted octanol–water partition coefficient (Wildman–Crippen LogP) is 3.99. The van der Waals surface area contributed by atoms with Gasteiger partial charge in [-0.2, -0.15) is 5.26 Å². The van der Waals surface area contributed by atoms with E-state index in [0.717, 1.165) is 36.0 Å². The minimum absolute atomic E-state index is 0.619. The Morgan fingerprint density at radius 3 is 3.00 bits per heavy atom. The van der Waals surface area contributed by atoms with E-state index in [1.165, 1.54) is 0 Å². The van der Waals surface area contributed by atoms with E-state index < -0.39 is 0 Å². The van der Waals surface area contributed by atoms with Crippen molar-refractivity contribution in [1.29, 1.82) is 5.26 Å². The van der Waals surface area contributed by atoms with Gasteiger partial charge in [0.15, 0.2) is 0 Å². The smallest absolute Gasteiger partial charge is 0.0737 e. The molecule has 0 amide bonds. The van der Waals surface area contributed by atoms with Gasteiger partial charge < -0.3 is 5.32 Å². The van der Waals surface area contributed by atoms with Gasteiger partial charge in [0.1, 0.15) is 0 Å². The summed E-state index contributed by atoms with van der Waals surface area (Å²) in [5.41, 5.74) is 1.96. The fraction of sp³-hybridized carbons (Fsp3) is 0.286. The highest BCUT2D eigenvalue weighted by molar-refractivity contribution is 6.31. The summed E-state index contributed by atoms with van der Waals surface area (Å²) in [6.07, 6.45) is 4.31. The first-order valence-electron chi connectivity index (χ1n) is 5.96. The fourth-order valence-corrected chi connectivity index (χ4v) is 1.99. The lowest BCUT2D eigenvalue weighted by Gasteiger charge is -2.08. The van der Waals surface area contributed by atoms with Crippen LogP contribution in [0.3, 0.4) is 0 Å². The molecule has 4 heteroatoms. The maximum Gasteiger partial charge on any atom is 0.0737 e. The molecule has 0 saturated carbocycles. The number of halogens is 1. The first kappa shape index (κ1) is 12.7. The van der Waals surface area contributed by atoms with E-state index in [0.29, 0.717) is 11.4 Å². The zero-order chi connectivity index (χ0) is 12.8. The van der Waals surface area contributed by atoms with Gasteiger partial charge in [-0.15, -0.1) is 0 Å². The van der Waals surface area contributed by atoms with Gasteiger partial charge in [0.25, 0.3) is 0 Å². The number of aromatic nitrogens is 1. The van der Waals surface area contributed by atoms with Crippen molar-refractivity contribution in [1.82, 2.24) is 4.98 Å². The van der Waals surface area contributed by atoms with E-state index in [1.807, 2.05) is 24.3 Å². The van der Waals surface area contributed by atoms with Crippen LogP contribution >= 0.6 is 11.6 Å². The van der Waals surface area contributed by atoms with E-state index in [1.54, 1.807) is 6.20 Å². The molecule has 1 N–H and O–H groups in total. The molecule has 2 rings (SSSR count). The molecule has 0 aliphatic carbocycles. The topological polar surface area (TPSA) is 48.7 Å². The Labute approximate surface area is 111 Å². The summed E-state index contributed by atoms with van der Waals surface area (Å²) in [6, 6.07) is 9.81. The van der Waals surface area contributed by atoms with Crippen LogP contribution in [0.2, 0.25) is 5.02 Å². The number of hydrogen-bond acceptors (Lipinski definition) is 3. The average molecular weight is 260 g/mol. The summed E-state index contributed by atoms with van der Waals surface area (Å²) < 4.78 is 0.